The highest BCUT2D eigenvalue weighted by Crippen LogP contribution is 2.31. The standard InChI is InChI=1S/C13H17ClN4O/c1-8-15-12(19)10-11(17-13(14)16-10)18(8)7-9-5-3-2-4-6-9/h9H,1-7H2,(H,15,19)(H,16,17). The van der Waals surface area contributed by atoms with Gasteiger partial charge in [0.2, 0.25) is 5.28 Å². The molecule has 102 valence electrons. The number of anilines is 1. The fraction of sp³-hybridized carbons (Fsp3) is 0.538. The molecule has 0 atom stereocenters. The molecule has 1 fully saturated rings. The monoisotopic (exact) mass is 280 g/mol. The fourth-order valence-corrected chi connectivity index (χ4v) is 3.08. The molecule has 3 rings (SSSR count). The van der Waals surface area contributed by atoms with Crippen LogP contribution in [0.4, 0.5) is 5.82 Å². The summed E-state index contributed by atoms with van der Waals surface area (Å²) in [5.74, 6) is 1.60. The smallest absolute Gasteiger partial charge is 0.277 e. The Morgan fingerprint density at radius 2 is 2.11 bits per heavy atom. The van der Waals surface area contributed by atoms with Gasteiger partial charge in [-0.2, -0.15) is 4.98 Å². The fourth-order valence-electron chi connectivity index (χ4n) is 2.90. The quantitative estimate of drug-likeness (QED) is 0.875. The lowest BCUT2D eigenvalue weighted by molar-refractivity contribution is 0.0955. The third kappa shape index (κ3) is 2.34. The first-order valence-electron chi connectivity index (χ1n) is 6.68. The number of aromatic nitrogens is 2. The first-order chi connectivity index (χ1) is 9.15. The van der Waals surface area contributed by atoms with Gasteiger partial charge >= 0.3 is 0 Å². The van der Waals surface area contributed by atoms with Crippen molar-refractivity contribution in [2.75, 3.05) is 11.4 Å². The number of imidazole rings is 1. The molecular weight excluding hydrogens is 264 g/mol. The van der Waals surface area contributed by atoms with Crippen molar-refractivity contribution in [3.8, 4) is 0 Å². The van der Waals surface area contributed by atoms with Crippen molar-refractivity contribution in [3.63, 3.8) is 0 Å². The Morgan fingerprint density at radius 3 is 2.84 bits per heavy atom. The molecule has 1 aromatic heterocycles. The molecule has 0 aromatic carbocycles. The second-order valence-corrected chi connectivity index (χ2v) is 5.60. The average Bonchev–Trinajstić information content (AvgIpc) is 2.78. The molecule has 19 heavy (non-hydrogen) atoms. The van der Waals surface area contributed by atoms with Crippen LogP contribution in [0, 0.1) is 5.92 Å². The van der Waals surface area contributed by atoms with E-state index in [1.54, 1.807) is 0 Å². The van der Waals surface area contributed by atoms with E-state index in [0.29, 0.717) is 23.3 Å². The van der Waals surface area contributed by atoms with Gasteiger partial charge in [-0.25, -0.2) is 0 Å². The van der Waals surface area contributed by atoms with Crippen molar-refractivity contribution < 1.29 is 4.79 Å². The van der Waals surface area contributed by atoms with Gasteiger partial charge in [0.25, 0.3) is 5.91 Å². The number of rotatable bonds is 2. The molecule has 0 unspecified atom stereocenters. The highest BCUT2D eigenvalue weighted by atomic mass is 35.5. The first-order valence-corrected chi connectivity index (χ1v) is 7.06. The number of H-pyrrole nitrogens is 1. The second-order valence-electron chi connectivity index (χ2n) is 5.24. The number of carbonyl (C=O) groups excluding carboxylic acids is 1. The molecule has 6 heteroatoms. The lowest BCUT2D eigenvalue weighted by Crippen LogP contribution is -2.43. The minimum absolute atomic E-state index is 0.223. The number of halogens is 1. The summed E-state index contributed by atoms with van der Waals surface area (Å²) in [6.45, 7) is 4.76. The van der Waals surface area contributed by atoms with E-state index in [2.05, 4.69) is 21.9 Å². The van der Waals surface area contributed by atoms with Crippen LogP contribution in [0.5, 0.6) is 0 Å². The minimum atomic E-state index is -0.223. The maximum absolute atomic E-state index is 11.8. The summed E-state index contributed by atoms with van der Waals surface area (Å²) in [5.41, 5.74) is 0.424. The summed E-state index contributed by atoms with van der Waals surface area (Å²) < 4.78 is 0. The highest BCUT2D eigenvalue weighted by Gasteiger charge is 2.31. The lowest BCUT2D eigenvalue weighted by atomic mass is 9.89. The Kier molecular flexibility index (Phi) is 3.22. The molecular formula is C13H17ClN4O. The van der Waals surface area contributed by atoms with Crippen molar-refractivity contribution in [1.29, 1.82) is 0 Å². The van der Waals surface area contributed by atoms with Crippen LogP contribution in [-0.4, -0.2) is 22.4 Å². The third-order valence-corrected chi connectivity index (χ3v) is 4.07. The average molecular weight is 281 g/mol. The lowest BCUT2D eigenvalue weighted by Gasteiger charge is -2.33. The highest BCUT2D eigenvalue weighted by molar-refractivity contribution is 6.29. The van der Waals surface area contributed by atoms with Crippen LogP contribution in [-0.2, 0) is 0 Å². The minimum Gasteiger partial charge on any atom is -0.323 e. The molecule has 2 N–H and O–H groups in total. The Hall–Kier alpha value is -1.49. The zero-order chi connectivity index (χ0) is 13.4. The van der Waals surface area contributed by atoms with Gasteiger partial charge in [0.1, 0.15) is 5.82 Å². The van der Waals surface area contributed by atoms with E-state index in [0.717, 1.165) is 6.54 Å². The number of nitrogens with one attached hydrogen (secondary N) is 2. The Morgan fingerprint density at radius 1 is 1.37 bits per heavy atom. The van der Waals surface area contributed by atoms with Crippen molar-refractivity contribution in [3.05, 3.63) is 23.4 Å². The van der Waals surface area contributed by atoms with E-state index < -0.39 is 0 Å². The van der Waals surface area contributed by atoms with Gasteiger partial charge in [0.05, 0.1) is 0 Å². The van der Waals surface area contributed by atoms with E-state index in [4.69, 9.17) is 11.6 Å². The summed E-state index contributed by atoms with van der Waals surface area (Å²) in [7, 11) is 0. The molecule has 5 nitrogen and oxygen atoms in total. The maximum atomic E-state index is 11.8. The number of hydrogen-bond acceptors (Lipinski definition) is 3. The largest absolute Gasteiger partial charge is 0.323 e. The Bertz CT molecular complexity index is 519. The van der Waals surface area contributed by atoms with Gasteiger partial charge in [0, 0.05) is 6.54 Å². The van der Waals surface area contributed by atoms with Crippen molar-refractivity contribution >= 4 is 23.3 Å². The first kappa shape index (κ1) is 12.5. The molecule has 1 amide bonds. The molecule has 1 aliphatic heterocycles. The normalized spacial score (nSPS) is 20.4. The number of nitrogens with zero attached hydrogens (tertiary/aromatic N) is 2. The van der Waals surface area contributed by atoms with Crippen LogP contribution in [0.15, 0.2) is 12.4 Å². The third-order valence-electron chi connectivity index (χ3n) is 3.89. The Labute approximate surface area is 117 Å². The van der Waals surface area contributed by atoms with Crippen LogP contribution in [0.1, 0.15) is 42.6 Å². The molecule has 0 spiro atoms. The molecule has 0 radical (unpaired) electrons. The number of amides is 1. The predicted molar refractivity (Wildman–Crippen MR) is 74.1 cm³/mol. The second kappa shape index (κ2) is 4.89. The summed E-state index contributed by atoms with van der Waals surface area (Å²) in [6, 6.07) is 0. The van der Waals surface area contributed by atoms with Crippen molar-refractivity contribution in [2.45, 2.75) is 32.1 Å². The van der Waals surface area contributed by atoms with E-state index in [1.807, 2.05) is 4.90 Å². The summed E-state index contributed by atoms with van der Waals surface area (Å²) in [5, 5.41) is 2.99. The van der Waals surface area contributed by atoms with E-state index in [1.165, 1.54) is 32.1 Å². The number of fused-ring (bicyclic) bond motifs is 1. The van der Waals surface area contributed by atoms with Crippen LogP contribution in [0.2, 0.25) is 5.28 Å². The molecule has 0 bridgehead atoms. The maximum Gasteiger partial charge on any atom is 0.277 e. The van der Waals surface area contributed by atoms with E-state index in [9.17, 15) is 4.79 Å². The van der Waals surface area contributed by atoms with Gasteiger partial charge in [-0.3, -0.25) is 4.79 Å². The number of hydrogen-bond donors (Lipinski definition) is 2. The van der Waals surface area contributed by atoms with E-state index in [-0.39, 0.29) is 11.2 Å². The van der Waals surface area contributed by atoms with Gasteiger partial charge in [-0.05, 0) is 30.4 Å². The molecule has 1 aromatic rings. The topological polar surface area (TPSA) is 61.0 Å². The molecule has 2 aliphatic rings. The van der Waals surface area contributed by atoms with Gasteiger partial charge < -0.3 is 15.2 Å². The van der Waals surface area contributed by atoms with Crippen LogP contribution in [0.3, 0.4) is 0 Å². The Balaban J connectivity index is 1.85. The summed E-state index contributed by atoms with van der Waals surface area (Å²) in [6.07, 6.45) is 6.35. The van der Waals surface area contributed by atoms with Crippen molar-refractivity contribution in [1.82, 2.24) is 15.3 Å². The zero-order valence-corrected chi connectivity index (χ0v) is 11.5. The summed E-state index contributed by atoms with van der Waals surface area (Å²) in [4.78, 5) is 20.8. The zero-order valence-electron chi connectivity index (χ0n) is 10.7. The van der Waals surface area contributed by atoms with Crippen LogP contribution >= 0.6 is 11.6 Å². The van der Waals surface area contributed by atoms with Crippen molar-refractivity contribution in [2.24, 2.45) is 5.92 Å². The SMILES string of the molecule is C=C1NC(=O)c2[nH]c(Cl)nc2N1CC1CCCCC1. The van der Waals surface area contributed by atoms with Gasteiger partial charge in [0.15, 0.2) is 11.5 Å². The molecule has 1 aliphatic carbocycles. The van der Waals surface area contributed by atoms with E-state index >= 15 is 0 Å². The van der Waals surface area contributed by atoms with Crippen LogP contribution < -0.4 is 10.2 Å². The van der Waals surface area contributed by atoms with Gasteiger partial charge in [-0.1, -0.05) is 25.8 Å². The number of carbonyl (C=O) groups is 1. The molecule has 1 saturated carbocycles. The van der Waals surface area contributed by atoms with Gasteiger partial charge in [-0.15, -0.1) is 0 Å². The molecule has 0 saturated heterocycles. The van der Waals surface area contributed by atoms with Crippen LogP contribution in [0.25, 0.3) is 0 Å². The number of aromatic amines is 1. The summed E-state index contributed by atoms with van der Waals surface area (Å²) >= 11 is 5.87. The molecule has 2 heterocycles. The predicted octanol–water partition coefficient (Wildman–Crippen LogP) is 2.66.